The molecule has 0 bridgehead atoms. The number of ether oxygens (including phenoxy) is 5. The highest BCUT2D eigenvalue weighted by atomic mass is 16.6. The van der Waals surface area contributed by atoms with E-state index >= 15 is 0 Å². The van der Waals surface area contributed by atoms with Crippen LogP contribution in [-0.2, 0) is 9.53 Å². The molecule has 0 saturated carbocycles. The summed E-state index contributed by atoms with van der Waals surface area (Å²) in [7, 11) is 6.36. The second kappa shape index (κ2) is 12.7. The predicted molar refractivity (Wildman–Crippen MR) is 145 cm³/mol. The molecule has 2 aliphatic heterocycles. The summed E-state index contributed by atoms with van der Waals surface area (Å²) in [6.45, 7) is 4.44. The molecule has 4 rings (SSSR count). The van der Waals surface area contributed by atoms with Gasteiger partial charge in [0.1, 0.15) is 11.5 Å². The third-order valence-electron chi connectivity index (χ3n) is 6.94. The Hall–Kier alpha value is -3.99. The lowest BCUT2D eigenvalue weighted by Crippen LogP contribution is -2.51. The Balaban J connectivity index is 1.59. The van der Waals surface area contributed by atoms with Gasteiger partial charge < -0.3 is 28.6 Å². The fourth-order valence-electron chi connectivity index (χ4n) is 4.83. The molecule has 2 amide bonds. The van der Waals surface area contributed by atoms with E-state index in [4.69, 9.17) is 28.8 Å². The van der Waals surface area contributed by atoms with E-state index in [9.17, 15) is 9.59 Å². The average Bonchev–Trinajstić information content (AvgIpc) is 3.42. The second-order valence-corrected chi connectivity index (χ2v) is 9.14. The van der Waals surface area contributed by atoms with Crippen LogP contribution in [0.1, 0.15) is 30.5 Å². The van der Waals surface area contributed by atoms with Gasteiger partial charge in [-0.15, -0.1) is 0 Å². The lowest BCUT2D eigenvalue weighted by molar-refractivity contribution is -0.134. The molecule has 0 aromatic heterocycles. The van der Waals surface area contributed by atoms with Gasteiger partial charge in [0, 0.05) is 49.8 Å². The van der Waals surface area contributed by atoms with Crippen molar-refractivity contribution in [2.75, 3.05) is 67.8 Å². The Bertz CT molecular complexity index is 1210. The van der Waals surface area contributed by atoms with Crippen molar-refractivity contribution >= 4 is 17.7 Å². The molecule has 39 heavy (non-hydrogen) atoms. The Labute approximate surface area is 228 Å². The molecule has 0 N–H and O–H groups in total. The summed E-state index contributed by atoms with van der Waals surface area (Å²) < 4.78 is 27.0. The van der Waals surface area contributed by atoms with Gasteiger partial charge in [-0.05, 0) is 37.3 Å². The minimum absolute atomic E-state index is 0.141. The fourth-order valence-corrected chi connectivity index (χ4v) is 4.83. The molecule has 0 spiro atoms. The first-order valence-corrected chi connectivity index (χ1v) is 12.9. The number of hydrazone groups is 1. The summed E-state index contributed by atoms with van der Waals surface area (Å²) >= 11 is 0. The van der Waals surface area contributed by atoms with E-state index < -0.39 is 0 Å². The van der Waals surface area contributed by atoms with Crippen LogP contribution >= 0.6 is 0 Å². The van der Waals surface area contributed by atoms with Crippen molar-refractivity contribution in [2.24, 2.45) is 5.10 Å². The van der Waals surface area contributed by atoms with Crippen LogP contribution < -0.4 is 18.9 Å². The highest BCUT2D eigenvalue weighted by Gasteiger charge is 2.36. The Morgan fingerprint density at radius 3 is 2.23 bits per heavy atom. The minimum atomic E-state index is -0.373. The standard InChI is InChI=1S/C28H36N4O7/c1-6-39-28(34)31-13-11-30(12-14-31)18-27(33)32-23(21-9-8-20(35-2)16-25(21)37-4)17-22(29-32)19-7-10-24(36-3)26(15-19)38-5/h7-10,15-16,23H,6,11-14,17-18H2,1-5H3/t23-/m0/s1. The van der Waals surface area contributed by atoms with Crippen LogP contribution in [0.15, 0.2) is 41.5 Å². The third-order valence-corrected chi connectivity index (χ3v) is 6.94. The minimum Gasteiger partial charge on any atom is -0.497 e. The number of benzene rings is 2. The molecule has 2 aromatic carbocycles. The van der Waals surface area contributed by atoms with Crippen LogP contribution in [0.2, 0.25) is 0 Å². The van der Waals surface area contributed by atoms with Crippen LogP contribution in [-0.4, -0.2) is 100 Å². The summed E-state index contributed by atoms with van der Waals surface area (Å²) in [4.78, 5) is 29.5. The van der Waals surface area contributed by atoms with Gasteiger partial charge in [-0.3, -0.25) is 9.69 Å². The molecule has 210 valence electrons. The molecular weight excluding hydrogens is 504 g/mol. The van der Waals surface area contributed by atoms with Crippen LogP contribution in [0, 0.1) is 0 Å². The summed E-state index contributed by atoms with van der Waals surface area (Å²) in [6, 6.07) is 10.8. The van der Waals surface area contributed by atoms with E-state index in [0.29, 0.717) is 62.2 Å². The van der Waals surface area contributed by atoms with Gasteiger partial charge in [0.25, 0.3) is 5.91 Å². The molecule has 0 unspecified atom stereocenters. The van der Waals surface area contributed by atoms with E-state index in [-0.39, 0.29) is 24.6 Å². The summed E-state index contributed by atoms with van der Waals surface area (Å²) in [5.74, 6) is 2.33. The predicted octanol–water partition coefficient (Wildman–Crippen LogP) is 3.17. The lowest BCUT2D eigenvalue weighted by atomic mass is 9.97. The molecule has 11 heteroatoms. The second-order valence-electron chi connectivity index (χ2n) is 9.14. The van der Waals surface area contributed by atoms with Crippen molar-refractivity contribution in [1.82, 2.24) is 14.8 Å². The maximum absolute atomic E-state index is 13.7. The van der Waals surface area contributed by atoms with Crippen LogP contribution in [0.5, 0.6) is 23.0 Å². The highest BCUT2D eigenvalue weighted by molar-refractivity contribution is 6.03. The molecule has 1 saturated heterocycles. The molecule has 2 heterocycles. The van der Waals surface area contributed by atoms with E-state index in [2.05, 4.69) is 0 Å². The number of hydrogen-bond donors (Lipinski definition) is 0. The number of carbonyl (C=O) groups is 2. The van der Waals surface area contributed by atoms with Gasteiger partial charge in [0.05, 0.1) is 53.3 Å². The van der Waals surface area contributed by atoms with E-state index in [1.54, 1.807) is 51.3 Å². The summed E-state index contributed by atoms with van der Waals surface area (Å²) in [5, 5.41) is 6.35. The largest absolute Gasteiger partial charge is 0.497 e. The highest BCUT2D eigenvalue weighted by Crippen LogP contribution is 2.40. The van der Waals surface area contributed by atoms with Crippen molar-refractivity contribution in [3.63, 3.8) is 0 Å². The molecule has 1 fully saturated rings. The molecule has 2 aliphatic rings. The number of rotatable bonds is 9. The van der Waals surface area contributed by atoms with Gasteiger partial charge in [-0.1, -0.05) is 0 Å². The third kappa shape index (κ3) is 6.19. The van der Waals surface area contributed by atoms with E-state index in [0.717, 1.165) is 16.8 Å². The zero-order valence-corrected chi connectivity index (χ0v) is 23.1. The topological polar surface area (TPSA) is 102 Å². The van der Waals surface area contributed by atoms with Crippen molar-refractivity contribution in [1.29, 1.82) is 0 Å². The number of methoxy groups -OCH3 is 4. The number of nitrogens with zero attached hydrogens (tertiary/aromatic N) is 4. The number of hydrogen-bond acceptors (Lipinski definition) is 9. The first-order chi connectivity index (χ1) is 18.9. The number of amides is 2. The molecule has 11 nitrogen and oxygen atoms in total. The van der Waals surface area contributed by atoms with Crippen molar-refractivity contribution in [2.45, 2.75) is 19.4 Å². The summed E-state index contributed by atoms with van der Waals surface area (Å²) in [5.41, 5.74) is 2.42. The molecular formula is C28H36N4O7. The van der Waals surface area contributed by atoms with Crippen molar-refractivity contribution in [3.05, 3.63) is 47.5 Å². The zero-order valence-electron chi connectivity index (χ0n) is 23.1. The van der Waals surface area contributed by atoms with Gasteiger partial charge in [0.2, 0.25) is 0 Å². The molecule has 0 radical (unpaired) electrons. The van der Waals surface area contributed by atoms with Crippen molar-refractivity contribution < 1.29 is 33.3 Å². The smallest absolute Gasteiger partial charge is 0.409 e. The van der Waals surface area contributed by atoms with Crippen LogP contribution in [0.3, 0.4) is 0 Å². The zero-order chi connectivity index (χ0) is 27.9. The van der Waals surface area contributed by atoms with Crippen molar-refractivity contribution in [3.8, 4) is 23.0 Å². The Morgan fingerprint density at radius 2 is 1.59 bits per heavy atom. The van der Waals surface area contributed by atoms with Crippen LogP contribution in [0.4, 0.5) is 4.79 Å². The number of carbonyl (C=O) groups excluding carboxylic acids is 2. The normalized spacial score (nSPS) is 17.5. The van der Waals surface area contributed by atoms with Gasteiger partial charge in [0.15, 0.2) is 11.5 Å². The maximum Gasteiger partial charge on any atom is 0.409 e. The van der Waals surface area contributed by atoms with Gasteiger partial charge in [-0.25, -0.2) is 9.80 Å². The van der Waals surface area contributed by atoms with E-state index in [1.165, 1.54) is 0 Å². The average molecular weight is 541 g/mol. The fraction of sp³-hybridized carbons (Fsp3) is 0.464. The van der Waals surface area contributed by atoms with E-state index in [1.807, 2.05) is 35.2 Å². The Kier molecular flexibility index (Phi) is 9.13. The summed E-state index contributed by atoms with van der Waals surface area (Å²) in [6.07, 6.45) is 0.166. The quantitative estimate of drug-likeness (QED) is 0.478. The van der Waals surface area contributed by atoms with Crippen LogP contribution in [0.25, 0.3) is 0 Å². The first kappa shape index (κ1) is 28.0. The molecule has 0 aliphatic carbocycles. The lowest BCUT2D eigenvalue weighted by Gasteiger charge is -2.34. The molecule has 2 aromatic rings. The number of piperazine rings is 1. The van der Waals surface area contributed by atoms with Gasteiger partial charge in [-0.2, -0.15) is 5.10 Å². The maximum atomic E-state index is 13.7. The Morgan fingerprint density at radius 1 is 0.872 bits per heavy atom. The molecule has 1 atom stereocenters. The first-order valence-electron chi connectivity index (χ1n) is 12.9. The monoisotopic (exact) mass is 540 g/mol. The SMILES string of the molecule is CCOC(=O)N1CCN(CC(=O)N2N=C(c3ccc(OC)c(OC)c3)C[C@H]2c2ccc(OC)cc2OC)CC1. The van der Waals surface area contributed by atoms with Gasteiger partial charge >= 0.3 is 6.09 Å².